The first kappa shape index (κ1) is 33.7. The first-order chi connectivity index (χ1) is 22.6. The number of fused-ring (bicyclic) bond motifs is 1. The molecule has 9 nitrogen and oxygen atoms in total. The smallest absolute Gasteiger partial charge is 0.322 e. The topological polar surface area (TPSA) is 79.4 Å². The van der Waals surface area contributed by atoms with Gasteiger partial charge in [0.15, 0.2) is 0 Å². The first-order valence-electron chi connectivity index (χ1n) is 17.5. The van der Waals surface area contributed by atoms with Gasteiger partial charge in [0.1, 0.15) is 5.37 Å². The van der Waals surface area contributed by atoms with Crippen LogP contribution in [0.4, 0.5) is 16.2 Å². The van der Waals surface area contributed by atoms with E-state index in [0.717, 1.165) is 69.5 Å². The van der Waals surface area contributed by atoms with Crippen LogP contribution in [0.15, 0.2) is 48.5 Å². The molecule has 0 radical (unpaired) electrons. The van der Waals surface area contributed by atoms with Crippen molar-refractivity contribution in [2.75, 3.05) is 69.6 Å². The lowest BCUT2D eigenvalue weighted by atomic mass is 9.92. The molecule has 4 aliphatic rings. The maximum absolute atomic E-state index is 14.1. The monoisotopic (exact) mass is 660 g/mol. The van der Waals surface area contributed by atoms with E-state index in [1.807, 2.05) is 28.0 Å². The maximum Gasteiger partial charge on any atom is 0.322 e. The summed E-state index contributed by atoms with van der Waals surface area (Å²) in [5.41, 5.74) is 4.53. The van der Waals surface area contributed by atoms with E-state index in [-0.39, 0.29) is 41.1 Å². The Morgan fingerprint density at radius 1 is 0.915 bits per heavy atom. The highest BCUT2D eigenvalue weighted by Crippen LogP contribution is 2.48. The number of benzene rings is 2. The molecule has 1 N–H and O–H groups in total. The van der Waals surface area contributed by atoms with Crippen molar-refractivity contribution in [3.05, 3.63) is 59.7 Å². The summed E-state index contributed by atoms with van der Waals surface area (Å²) in [6.07, 6.45) is 4.54. The number of thioether (sulfide) groups is 1. The predicted octanol–water partition coefficient (Wildman–Crippen LogP) is 5.68. The molecule has 3 saturated heterocycles. The van der Waals surface area contributed by atoms with Crippen molar-refractivity contribution in [3.63, 3.8) is 0 Å². The predicted molar refractivity (Wildman–Crippen MR) is 191 cm³/mol. The molecule has 0 saturated carbocycles. The number of hydrogen-bond donors (Lipinski definition) is 1. The zero-order chi connectivity index (χ0) is 33.1. The van der Waals surface area contributed by atoms with Crippen LogP contribution in [0.5, 0.6) is 0 Å². The number of piperidine rings is 1. The molecule has 0 spiro atoms. The third-order valence-corrected chi connectivity index (χ3v) is 11.7. The van der Waals surface area contributed by atoms with E-state index in [9.17, 15) is 14.4 Å². The number of amides is 4. The van der Waals surface area contributed by atoms with Gasteiger partial charge in [-0.05, 0) is 68.8 Å². The molecule has 0 aromatic heterocycles. The van der Waals surface area contributed by atoms with Crippen LogP contribution in [0, 0.1) is 5.41 Å². The van der Waals surface area contributed by atoms with Gasteiger partial charge in [-0.1, -0.05) is 57.2 Å². The molecule has 6 rings (SSSR count). The fourth-order valence-electron chi connectivity index (χ4n) is 7.37. The molecule has 0 bridgehead atoms. The molecular formula is C37H52N6O3S. The minimum atomic E-state index is -0.400. The first-order valence-corrected chi connectivity index (χ1v) is 18.4. The molecule has 10 heteroatoms. The Kier molecular flexibility index (Phi) is 10.4. The Balaban J connectivity index is 1.12. The third kappa shape index (κ3) is 7.91. The summed E-state index contributed by atoms with van der Waals surface area (Å²) >= 11 is 1.66. The van der Waals surface area contributed by atoms with E-state index in [4.69, 9.17) is 0 Å². The summed E-state index contributed by atoms with van der Waals surface area (Å²) in [7, 11) is 2.18. The van der Waals surface area contributed by atoms with E-state index >= 15 is 0 Å². The highest BCUT2D eigenvalue weighted by atomic mass is 32.2. The zero-order valence-electron chi connectivity index (χ0n) is 28.6. The number of urea groups is 1. The number of nitrogens with one attached hydrogen (secondary N) is 1. The zero-order valence-corrected chi connectivity index (χ0v) is 29.4. The number of hydrogen-bond acceptors (Lipinski definition) is 6. The third-order valence-electron chi connectivity index (χ3n) is 10.3. The second-order valence-electron chi connectivity index (χ2n) is 14.9. The SMILES string of the molecule is CN1CCCN(c2ccccc2C2SC(CC(=O)N3CCC(N4CCc5ccccc5NC4=O)CC3)C(=O)N2CCC(C)(C)C)CC1. The molecule has 254 valence electrons. The fraction of sp³-hybridized carbons (Fsp3) is 0.595. The number of carbonyl (C=O) groups is 3. The number of nitrogens with zero attached hydrogens (tertiary/aromatic N) is 5. The molecule has 3 fully saturated rings. The van der Waals surface area contributed by atoms with Gasteiger partial charge in [-0.25, -0.2) is 4.79 Å². The van der Waals surface area contributed by atoms with Crippen LogP contribution in [-0.2, 0) is 16.0 Å². The standard InChI is InChI=1S/C37H52N6O3S/c1-37(2,3)17-23-43-34(45)32(47-35(43)29-11-6-8-13-31(29)40-19-9-18-39(4)24-25-40)26-33(44)41-20-15-28(16-21-41)42-22-14-27-10-5-7-12-30(27)38-36(42)46/h5-8,10-13,28,32,35H,9,14-26H2,1-4H3,(H,38,46). The van der Waals surface area contributed by atoms with E-state index < -0.39 is 5.25 Å². The minimum Gasteiger partial charge on any atom is -0.370 e. The molecule has 2 atom stereocenters. The van der Waals surface area contributed by atoms with E-state index in [2.05, 4.69) is 78.2 Å². The number of carbonyl (C=O) groups excluding carboxylic acids is 3. The average Bonchev–Trinajstić information content (AvgIpc) is 3.17. The molecule has 47 heavy (non-hydrogen) atoms. The molecule has 4 amide bonds. The molecule has 0 aliphatic carbocycles. The lowest BCUT2D eigenvalue weighted by molar-refractivity contribution is -0.137. The van der Waals surface area contributed by atoms with Crippen molar-refractivity contribution in [2.24, 2.45) is 5.41 Å². The Morgan fingerprint density at radius 2 is 1.66 bits per heavy atom. The van der Waals surface area contributed by atoms with Gasteiger partial charge in [0.05, 0.1) is 5.25 Å². The van der Waals surface area contributed by atoms with Crippen LogP contribution >= 0.6 is 11.8 Å². The molecular weight excluding hydrogens is 609 g/mol. The van der Waals surface area contributed by atoms with Gasteiger partial charge in [0.2, 0.25) is 11.8 Å². The van der Waals surface area contributed by atoms with E-state index in [1.54, 1.807) is 11.8 Å². The van der Waals surface area contributed by atoms with E-state index in [0.29, 0.717) is 26.2 Å². The quantitative estimate of drug-likeness (QED) is 0.412. The lowest BCUT2D eigenvalue weighted by Crippen LogP contribution is -2.50. The molecule has 2 aromatic rings. The van der Waals surface area contributed by atoms with Crippen molar-refractivity contribution in [1.29, 1.82) is 0 Å². The highest BCUT2D eigenvalue weighted by Gasteiger charge is 2.44. The summed E-state index contributed by atoms with van der Waals surface area (Å²) in [5, 5.41) is 2.57. The van der Waals surface area contributed by atoms with Crippen LogP contribution in [-0.4, -0.2) is 108 Å². The maximum atomic E-state index is 14.1. The average molecular weight is 661 g/mol. The van der Waals surface area contributed by atoms with Gasteiger partial charge in [0, 0.05) is 75.2 Å². The summed E-state index contributed by atoms with van der Waals surface area (Å²) in [6.45, 7) is 13.3. The Bertz CT molecular complexity index is 1440. The largest absolute Gasteiger partial charge is 0.370 e. The van der Waals surface area contributed by atoms with Crippen molar-refractivity contribution in [2.45, 2.75) is 76.0 Å². The number of rotatable bonds is 7. The van der Waals surface area contributed by atoms with Gasteiger partial charge in [0.25, 0.3) is 0 Å². The number of likely N-dealkylation sites (N-methyl/N-ethyl adjacent to an activating group) is 1. The molecule has 2 aromatic carbocycles. The second-order valence-corrected chi connectivity index (χ2v) is 16.2. The number of likely N-dealkylation sites (tertiary alicyclic amines) is 1. The summed E-state index contributed by atoms with van der Waals surface area (Å²) in [4.78, 5) is 51.7. The number of anilines is 2. The van der Waals surface area contributed by atoms with Crippen LogP contribution in [0.3, 0.4) is 0 Å². The summed E-state index contributed by atoms with van der Waals surface area (Å²) in [5.74, 6) is 0.126. The van der Waals surface area contributed by atoms with Gasteiger partial charge >= 0.3 is 6.03 Å². The van der Waals surface area contributed by atoms with Crippen molar-refractivity contribution >= 4 is 41.0 Å². The summed E-state index contributed by atoms with van der Waals surface area (Å²) < 4.78 is 0. The normalized spacial score (nSPS) is 23.4. The second kappa shape index (κ2) is 14.5. The van der Waals surface area contributed by atoms with Crippen molar-refractivity contribution < 1.29 is 14.4 Å². The van der Waals surface area contributed by atoms with Crippen LogP contribution in [0.2, 0.25) is 0 Å². The van der Waals surface area contributed by atoms with Crippen LogP contribution in [0.25, 0.3) is 0 Å². The molecule has 4 heterocycles. The Labute approximate surface area is 285 Å². The fourth-order valence-corrected chi connectivity index (χ4v) is 8.88. The van der Waals surface area contributed by atoms with Gasteiger partial charge in [-0.15, -0.1) is 11.8 Å². The van der Waals surface area contributed by atoms with Crippen molar-refractivity contribution in [3.8, 4) is 0 Å². The van der Waals surface area contributed by atoms with E-state index in [1.165, 1.54) is 11.3 Å². The van der Waals surface area contributed by atoms with Gasteiger partial charge < -0.3 is 29.8 Å². The Morgan fingerprint density at radius 3 is 2.45 bits per heavy atom. The van der Waals surface area contributed by atoms with Gasteiger partial charge in [-0.3, -0.25) is 9.59 Å². The molecule has 4 aliphatic heterocycles. The number of para-hydroxylation sites is 2. The highest BCUT2D eigenvalue weighted by molar-refractivity contribution is 8.01. The minimum absolute atomic E-state index is 0.0438. The molecule has 2 unspecified atom stereocenters. The van der Waals surface area contributed by atoms with Crippen molar-refractivity contribution in [1.82, 2.24) is 19.6 Å². The Hall–Kier alpha value is -3.24. The van der Waals surface area contributed by atoms with Crippen LogP contribution in [0.1, 0.15) is 69.4 Å². The lowest BCUT2D eigenvalue weighted by Gasteiger charge is -2.38. The van der Waals surface area contributed by atoms with Gasteiger partial charge in [-0.2, -0.15) is 0 Å². The van der Waals surface area contributed by atoms with Crippen LogP contribution < -0.4 is 10.2 Å². The summed E-state index contributed by atoms with van der Waals surface area (Å²) in [6, 6.07) is 16.6.